The first-order chi connectivity index (χ1) is 44.3. The Bertz CT molecular complexity index is 4070. The second kappa shape index (κ2) is 29.5. The first-order valence-corrected chi connectivity index (χ1v) is 32.1. The van der Waals surface area contributed by atoms with Gasteiger partial charge in [-0.1, -0.05) is 69.6 Å². The van der Waals surface area contributed by atoms with Crippen molar-refractivity contribution in [2.45, 2.75) is 102 Å². The van der Waals surface area contributed by atoms with Crippen molar-refractivity contribution < 1.29 is 41.6 Å². The lowest BCUT2D eigenvalue weighted by Gasteiger charge is -2.42. The van der Waals surface area contributed by atoms with Crippen LogP contribution in [0.5, 0.6) is 17.2 Å². The van der Waals surface area contributed by atoms with Gasteiger partial charge < -0.3 is 45.6 Å². The fourth-order valence-corrected chi connectivity index (χ4v) is 13.7. The fourth-order valence-electron chi connectivity index (χ4n) is 11.7. The summed E-state index contributed by atoms with van der Waals surface area (Å²) in [6.07, 6.45) is 21.1. The summed E-state index contributed by atoms with van der Waals surface area (Å²) in [5.41, 5.74) is 24.2. The summed E-state index contributed by atoms with van der Waals surface area (Å²) in [6, 6.07) is 13.9. The van der Waals surface area contributed by atoms with Gasteiger partial charge in [0.05, 0.1) is 65.1 Å². The lowest BCUT2D eigenvalue weighted by molar-refractivity contribution is -0.0966. The topological polar surface area (TPSA) is 226 Å². The SMILES string of the molecule is CC(Oc1cc(-c2cnn(C3CCOC3)c2)cnc1N)c1c(Cl)ccc(F)c1Cl.CC(Oc1cc(-c2cnn(C3CCOCC3)c2)cnc1N)c1c(Cl)ccc(F)c1Cl.CC(Oc1cc(-c2cnn(CC3CC4CCC3CO4)c2)cnc1N)c1c(Cl)ccc(F)c1Cl. The van der Waals surface area contributed by atoms with Crippen molar-refractivity contribution in [1.29, 1.82) is 0 Å². The number of nitrogens with zero attached hydrogens (tertiary/aromatic N) is 9. The number of pyridine rings is 3. The number of hydrogen-bond donors (Lipinski definition) is 3. The summed E-state index contributed by atoms with van der Waals surface area (Å²) < 4.78 is 82.1. The maximum atomic E-state index is 13.9. The van der Waals surface area contributed by atoms with Gasteiger partial charge in [0.15, 0.2) is 34.7 Å². The van der Waals surface area contributed by atoms with Gasteiger partial charge in [-0.2, -0.15) is 15.3 Å². The Hall–Kier alpha value is -7.05. The number of halogens is 9. The van der Waals surface area contributed by atoms with Crippen molar-refractivity contribution in [3.63, 3.8) is 0 Å². The third-order valence-electron chi connectivity index (χ3n) is 16.8. The minimum absolute atomic E-state index is 0.0687. The van der Waals surface area contributed by atoms with Gasteiger partial charge in [0.1, 0.15) is 35.8 Å². The quantitative estimate of drug-likeness (QED) is 0.0765. The van der Waals surface area contributed by atoms with E-state index in [1.165, 1.54) is 49.2 Å². The Balaban J connectivity index is 0.000000142. The molecular formula is C65H65Cl6F3N12O6. The summed E-state index contributed by atoms with van der Waals surface area (Å²) in [7, 11) is 0. The zero-order valence-corrected chi connectivity index (χ0v) is 54.6. The highest BCUT2D eigenvalue weighted by Gasteiger charge is 2.37. The predicted octanol–water partition coefficient (Wildman–Crippen LogP) is 16.5. The molecule has 4 aliphatic heterocycles. The highest BCUT2D eigenvalue weighted by atomic mass is 35.5. The monoisotopic (exact) mass is 1380 g/mol. The van der Waals surface area contributed by atoms with Crippen LogP contribution in [0, 0.1) is 29.3 Å². The molecule has 3 aromatic carbocycles. The predicted molar refractivity (Wildman–Crippen MR) is 350 cm³/mol. The number of rotatable bonds is 16. The smallest absolute Gasteiger partial charge is 0.166 e. The molecule has 18 nitrogen and oxygen atoms in total. The number of nitrogen functional groups attached to an aromatic ring is 3. The molecule has 9 aromatic rings. The molecule has 7 unspecified atom stereocenters. The second-order valence-electron chi connectivity index (χ2n) is 22.9. The van der Waals surface area contributed by atoms with Gasteiger partial charge in [0, 0.05) is 129 Å². The molecule has 0 spiro atoms. The molecule has 27 heteroatoms. The van der Waals surface area contributed by atoms with Gasteiger partial charge in [-0.3, -0.25) is 14.0 Å². The highest BCUT2D eigenvalue weighted by molar-refractivity contribution is 6.37. The van der Waals surface area contributed by atoms with E-state index in [1.807, 2.05) is 38.8 Å². The molecule has 2 bridgehead atoms. The molecule has 0 radical (unpaired) electrons. The number of benzene rings is 3. The van der Waals surface area contributed by atoms with Gasteiger partial charge in [-0.15, -0.1) is 0 Å². The van der Waals surface area contributed by atoms with Crippen molar-refractivity contribution in [1.82, 2.24) is 44.3 Å². The number of nitrogens with two attached hydrogens (primary N) is 3. The standard InChI is InChI=1S/C24H25Cl2FN4O2.C21H21Cl2FN4O2.C20H19Cl2FN4O2/c1-13(22-19(25)4-5-20(27)23(22)26)33-21-7-15(8-29-24(21)28)17-9-30-31(11-17)10-16-6-18-3-2-14(16)12-32-18;1-12(19-16(22)2-3-17(24)20(19)23)30-18-8-13(9-26-21(18)25)14-10-27-28(11-14)15-4-6-29-7-5-15;1-11(18-15(21)2-3-16(23)19(18)22)29-17-6-12(7-25-20(17)24)13-8-26-27(9-13)14-4-5-28-10-14/h4-5,7-9,11,13-14,16,18H,2-3,6,10,12H2,1H3,(H2,28,29);2-3,8-12,15H,4-7H2,1H3,(H2,25,26);2-3,6-9,11,14H,4-5,10H2,1H3,(H2,24,25). The molecule has 10 heterocycles. The van der Waals surface area contributed by atoms with Gasteiger partial charge >= 0.3 is 0 Å². The lowest BCUT2D eigenvalue weighted by Crippen LogP contribution is -2.41. The van der Waals surface area contributed by atoms with Gasteiger partial charge in [-0.05, 0) is 126 Å². The molecular weight excluding hydrogens is 1310 g/mol. The molecule has 92 heavy (non-hydrogen) atoms. The Morgan fingerprint density at radius 2 is 0.913 bits per heavy atom. The highest BCUT2D eigenvalue weighted by Crippen LogP contribution is 2.43. The van der Waals surface area contributed by atoms with E-state index in [0.717, 1.165) is 92.0 Å². The Labute approximate surface area is 559 Å². The number of aromatic nitrogens is 9. The molecule has 6 N–H and O–H groups in total. The Kier molecular flexibility index (Phi) is 21.3. The van der Waals surface area contributed by atoms with Crippen LogP contribution in [-0.4, -0.2) is 83.4 Å². The van der Waals surface area contributed by atoms with Crippen LogP contribution in [0.1, 0.15) is 106 Å². The summed E-state index contributed by atoms with van der Waals surface area (Å²) >= 11 is 37.0. The van der Waals surface area contributed by atoms with E-state index in [2.05, 4.69) is 30.2 Å². The van der Waals surface area contributed by atoms with E-state index in [0.29, 0.717) is 79.6 Å². The van der Waals surface area contributed by atoms with Crippen LogP contribution < -0.4 is 31.4 Å². The van der Waals surface area contributed by atoms with Crippen LogP contribution >= 0.6 is 69.6 Å². The van der Waals surface area contributed by atoms with E-state index >= 15 is 0 Å². The molecule has 1 aliphatic carbocycles. The maximum absolute atomic E-state index is 13.9. The minimum atomic E-state index is -0.636. The fraction of sp³-hybridized carbons (Fsp3) is 0.354. The minimum Gasteiger partial charge on any atom is -0.482 e. The maximum Gasteiger partial charge on any atom is 0.166 e. The van der Waals surface area contributed by atoms with Crippen LogP contribution in [0.2, 0.25) is 30.1 Å². The van der Waals surface area contributed by atoms with E-state index in [1.54, 1.807) is 70.0 Å². The third-order valence-corrected chi connectivity index (χ3v) is 18.9. The van der Waals surface area contributed by atoms with Crippen LogP contribution in [0.15, 0.2) is 110 Å². The summed E-state index contributed by atoms with van der Waals surface area (Å²) in [5.74, 6) is 1.24. The third kappa shape index (κ3) is 15.3. The lowest BCUT2D eigenvalue weighted by atomic mass is 9.76. The van der Waals surface area contributed by atoms with E-state index in [-0.39, 0.29) is 38.6 Å². The molecule has 6 aromatic heterocycles. The number of fused-ring (bicyclic) bond motifs is 3. The number of anilines is 3. The van der Waals surface area contributed by atoms with E-state index in [4.69, 9.17) is 115 Å². The number of hydrogen-bond acceptors (Lipinski definition) is 15. The van der Waals surface area contributed by atoms with Crippen molar-refractivity contribution >= 4 is 87.1 Å². The summed E-state index contributed by atoms with van der Waals surface area (Å²) in [6.45, 7) is 9.80. The second-order valence-corrected chi connectivity index (χ2v) is 25.2. The molecule has 5 fully saturated rings. The Morgan fingerprint density at radius 1 is 0.500 bits per heavy atom. The largest absolute Gasteiger partial charge is 0.482 e. The van der Waals surface area contributed by atoms with Crippen molar-refractivity contribution in [3.8, 4) is 50.6 Å². The normalized spacial score (nSPS) is 18.9. The van der Waals surface area contributed by atoms with Gasteiger partial charge in [0.2, 0.25) is 0 Å². The zero-order valence-electron chi connectivity index (χ0n) is 50.1. The average molecular weight is 1380 g/mol. The number of ether oxygens (including phenoxy) is 6. The molecule has 1 saturated carbocycles. The van der Waals surface area contributed by atoms with Crippen molar-refractivity contribution in [2.24, 2.45) is 11.8 Å². The van der Waals surface area contributed by atoms with Crippen LogP contribution in [0.25, 0.3) is 33.4 Å². The zero-order chi connectivity index (χ0) is 64.9. The van der Waals surface area contributed by atoms with Crippen molar-refractivity contribution in [2.75, 3.05) is 50.2 Å². The molecule has 5 aliphatic rings. The molecule has 0 amide bonds. The summed E-state index contributed by atoms with van der Waals surface area (Å²) in [4.78, 5) is 12.7. The average Bonchev–Trinajstić information content (AvgIpc) is 1.58. The van der Waals surface area contributed by atoms with Crippen LogP contribution in [0.4, 0.5) is 30.6 Å². The van der Waals surface area contributed by atoms with Crippen molar-refractivity contribution in [3.05, 3.63) is 175 Å². The molecule has 14 rings (SSSR count). The molecule has 4 saturated heterocycles. The molecule has 484 valence electrons. The van der Waals surface area contributed by atoms with Crippen LogP contribution in [0.3, 0.4) is 0 Å². The summed E-state index contributed by atoms with van der Waals surface area (Å²) in [5, 5.41) is 14.2. The van der Waals surface area contributed by atoms with Gasteiger partial charge in [-0.25, -0.2) is 28.1 Å². The molecule has 7 atom stereocenters. The van der Waals surface area contributed by atoms with E-state index < -0.39 is 35.8 Å². The Morgan fingerprint density at radius 3 is 1.32 bits per heavy atom. The first-order valence-electron chi connectivity index (χ1n) is 29.8. The van der Waals surface area contributed by atoms with E-state index in [9.17, 15) is 13.2 Å². The van der Waals surface area contributed by atoms with Gasteiger partial charge in [0.25, 0.3) is 0 Å². The first kappa shape index (κ1) is 66.4. The van der Waals surface area contributed by atoms with Crippen LogP contribution in [-0.2, 0) is 20.8 Å².